The Hall–Kier alpha value is -0.940. The largest absolute Gasteiger partial charge is 0.379 e. The highest BCUT2D eigenvalue weighted by Gasteiger charge is 2.06. The van der Waals surface area contributed by atoms with E-state index in [1.165, 1.54) is 0 Å². The number of ketones is 1. The molecule has 0 bridgehead atoms. The van der Waals surface area contributed by atoms with Crippen LogP contribution in [0.4, 0.5) is 0 Å². The van der Waals surface area contributed by atoms with E-state index in [0.717, 1.165) is 32.3 Å². The normalized spacial score (nSPS) is 12.2. The summed E-state index contributed by atoms with van der Waals surface area (Å²) in [6, 6.07) is 0. The van der Waals surface area contributed by atoms with Gasteiger partial charge in [-0.1, -0.05) is 20.3 Å². The minimum absolute atomic E-state index is 0.0827. The Kier molecular flexibility index (Phi) is 12.4. The molecule has 5 nitrogen and oxygen atoms in total. The van der Waals surface area contributed by atoms with Gasteiger partial charge in [0.15, 0.2) is 0 Å². The number of carbonyl (C=O) groups excluding carboxylic acids is 2. The zero-order valence-electron chi connectivity index (χ0n) is 13.1. The van der Waals surface area contributed by atoms with Gasteiger partial charge in [0.1, 0.15) is 12.4 Å². The fraction of sp³-hybridized carbons (Fsp3) is 0.867. The lowest BCUT2D eigenvalue weighted by Gasteiger charge is -2.08. The van der Waals surface area contributed by atoms with Gasteiger partial charge < -0.3 is 14.8 Å². The molecule has 0 unspecified atom stereocenters. The number of ether oxygens (including phenoxy) is 2. The fourth-order valence-electron chi connectivity index (χ4n) is 1.59. The van der Waals surface area contributed by atoms with Crippen molar-refractivity contribution in [3.8, 4) is 0 Å². The van der Waals surface area contributed by atoms with Gasteiger partial charge in [-0.3, -0.25) is 9.59 Å². The van der Waals surface area contributed by atoms with Crippen molar-refractivity contribution in [1.82, 2.24) is 5.32 Å². The Morgan fingerprint density at radius 1 is 1.10 bits per heavy atom. The van der Waals surface area contributed by atoms with Crippen LogP contribution in [0, 0.1) is 5.92 Å². The number of hydrogen-bond donors (Lipinski definition) is 1. The molecule has 0 aromatic carbocycles. The first kappa shape index (κ1) is 19.1. The average Bonchev–Trinajstić information content (AvgIpc) is 2.41. The molecule has 0 aromatic heterocycles. The van der Waals surface area contributed by atoms with Crippen LogP contribution in [0.15, 0.2) is 0 Å². The van der Waals surface area contributed by atoms with Crippen molar-refractivity contribution in [2.24, 2.45) is 5.92 Å². The summed E-state index contributed by atoms with van der Waals surface area (Å²) in [6.45, 7) is 8.04. The molecular weight excluding hydrogens is 258 g/mol. The molecule has 0 aliphatic carbocycles. The summed E-state index contributed by atoms with van der Waals surface area (Å²) in [5.74, 6) is 0.255. The van der Waals surface area contributed by atoms with E-state index in [-0.39, 0.29) is 24.2 Å². The third-order valence-corrected chi connectivity index (χ3v) is 3.03. The number of carbonyl (C=O) groups is 2. The van der Waals surface area contributed by atoms with E-state index >= 15 is 0 Å². The number of Topliss-reactive ketones (excluding diaryl/α,β-unsaturated/α-hetero) is 1. The highest BCUT2D eigenvalue weighted by Crippen LogP contribution is 2.07. The maximum absolute atomic E-state index is 11.4. The van der Waals surface area contributed by atoms with Gasteiger partial charge in [-0.25, -0.2) is 0 Å². The van der Waals surface area contributed by atoms with Crippen LogP contribution >= 0.6 is 0 Å². The summed E-state index contributed by atoms with van der Waals surface area (Å²) in [5.41, 5.74) is 0. The topological polar surface area (TPSA) is 64.6 Å². The summed E-state index contributed by atoms with van der Waals surface area (Å²) < 4.78 is 10.4. The maximum Gasteiger partial charge on any atom is 0.245 e. The molecule has 0 fully saturated rings. The number of amides is 1. The molecular formula is C15H29NO4. The first-order chi connectivity index (χ1) is 9.57. The lowest BCUT2D eigenvalue weighted by molar-refractivity contribution is -0.126. The third-order valence-electron chi connectivity index (χ3n) is 3.03. The van der Waals surface area contributed by atoms with Crippen LogP contribution in [0.25, 0.3) is 0 Å². The molecule has 0 heterocycles. The number of hydrogen-bond acceptors (Lipinski definition) is 4. The Morgan fingerprint density at radius 2 is 1.80 bits per heavy atom. The molecule has 20 heavy (non-hydrogen) atoms. The van der Waals surface area contributed by atoms with Crippen molar-refractivity contribution in [2.45, 2.75) is 46.5 Å². The molecule has 5 heteroatoms. The molecule has 1 atom stereocenters. The van der Waals surface area contributed by atoms with Crippen LogP contribution in [-0.4, -0.2) is 44.7 Å². The van der Waals surface area contributed by atoms with Gasteiger partial charge in [0.05, 0.1) is 13.2 Å². The SMILES string of the molecule is CCCOCCOCC(=O)NCCCC[C@H](C)C(C)=O. The number of nitrogens with one attached hydrogen (secondary N) is 1. The molecule has 0 rings (SSSR count). The van der Waals surface area contributed by atoms with Crippen molar-refractivity contribution < 1.29 is 19.1 Å². The predicted molar refractivity (Wildman–Crippen MR) is 78.6 cm³/mol. The van der Waals surface area contributed by atoms with E-state index < -0.39 is 0 Å². The van der Waals surface area contributed by atoms with Crippen molar-refractivity contribution in [1.29, 1.82) is 0 Å². The third kappa shape index (κ3) is 12.1. The van der Waals surface area contributed by atoms with E-state index in [1.54, 1.807) is 6.92 Å². The fourth-order valence-corrected chi connectivity index (χ4v) is 1.59. The average molecular weight is 287 g/mol. The number of unbranched alkanes of at least 4 members (excludes halogenated alkanes) is 1. The standard InChI is InChI=1S/C15H29NO4/c1-4-9-19-10-11-20-12-15(18)16-8-6-5-7-13(2)14(3)17/h13H,4-12H2,1-3H3,(H,16,18)/t13-/m0/s1. The van der Waals surface area contributed by atoms with Crippen LogP contribution in [0.1, 0.15) is 46.5 Å². The lowest BCUT2D eigenvalue weighted by atomic mass is 10.0. The summed E-state index contributed by atoms with van der Waals surface area (Å²) >= 11 is 0. The highest BCUT2D eigenvalue weighted by molar-refractivity contribution is 5.77. The first-order valence-electron chi connectivity index (χ1n) is 7.50. The van der Waals surface area contributed by atoms with E-state index in [9.17, 15) is 9.59 Å². The Bertz CT molecular complexity index is 269. The van der Waals surface area contributed by atoms with Crippen molar-refractivity contribution >= 4 is 11.7 Å². The Labute approximate surface area is 122 Å². The monoisotopic (exact) mass is 287 g/mol. The van der Waals surface area contributed by atoms with Crippen molar-refractivity contribution in [3.63, 3.8) is 0 Å². The highest BCUT2D eigenvalue weighted by atomic mass is 16.5. The van der Waals surface area contributed by atoms with Crippen LogP contribution < -0.4 is 5.32 Å². The van der Waals surface area contributed by atoms with Crippen LogP contribution in [0.3, 0.4) is 0 Å². The van der Waals surface area contributed by atoms with Gasteiger partial charge in [0.25, 0.3) is 0 Å². The smallest absolute Gasteiger partial charge is 0.245 e. The molecule has 0 saturated heterocycles. The van der Waals surface area contributed by atoms with Crippen LogP contribution in [0.5, 0.6) is 0 Å². The molecule has 118 valence electrons. The molecule has 0 aromatic rings. The molecule has 0 saturated carbocycles. The molecule has 0 spiro atoms. The van der Waals surface area contributed by atoms with Gasteiger partial charge in [0, 0.05) is 19.1 Å². The lowest BCUT2D eigenvalue weighted by Crippen LogP contribution is -2.29. The zero-order valence-corrected chi connectivity index (χ0v) is 13.1. The van der Waals surface area contributed by atoms with Gasteiger partial charge in [-0.2, -0.15) is 0 Å². The predicted octanol–water partition coefficient (Wildman–Crippen LogP) is 1.94. The van der Waals surface area contributed by atoms with Crippen LogP contribution in [0.2, 0.25) is 0 Å². The summed E-state index contributed by atoms with van der Waals surface area (Å²) in [4.78, 5) is 22.4. The van der Waals surface area contributed by atoms with Gasteiger partial charge in [-0.05, 0) is 26.2 Å². The zero-order chi connectivity index (χ0) is 15.2. The van der Waals surface area contributed by atoms with E-state index in [1.807, 2.05) is 13.8 Å². The Morgan fingerprint density at radius 3 is 2.45 bits per heavy atom. The molecule has 0 aliphatic rings. The molecule has 1 amide bonds. The van der Waals surface area contributed by atoms with Gasteiger partial charge in [-0.15, -0.1) is 0 Å². The van der Waals surface area contributed by atoms with Gasteiger partial charge >= 0.3 is 0 Å². The number of rotatable bonds is 13. The van der Waals surface area contributed by atoms with E-state index in [4.69, 9.17) is 9.47 Å². The second kappa shape index (κ2) is 13.1. The van der Waals surface area contributed by atoms with Crippen LogP contribution in [-0.2, 0) is 19.1 Å². The maximum atomic E-state index is 11.4. The van der Waals surface area contributed by atoms with E-state index in [0.29, 0.717) is 19.8 Å². The Balaban J connectivity index is 3.30. The summed E-state index contributed by atoms with van der Waals surface area (Å²) in [6.07, 6.45) is 3.72. The van der Waals surface area contributed by atoms with E-state index in [2.05, 4.69) is 5.32 Å². The first-order valence-corrected chi connectivity index (χ1v) is 7.50. The summed E-state index contributed by atoms with van der Waals surface area (Å²) in [5, 5.41) is 2.80. The van der Waals surface area contributed by atoms with Crippen molar-refractivity contribution in [3.05, 3.63) is 0 Å². The molecule has 1 N–H and O–H groups in total. The summed E-state index contributed by atoms with van der Waals surface area (Å²) in [7, 11) is 0. The van der Waals surface area contributed by atoms with Crippen molar-refractivity contribution in [2.75, 3.05) is 33.0 Å². The van der Waals surface area contributed by atoms with Gasteiger partial charge in [0.2, 0.25) is 5.91 Å². The minimum atomic E-state index is -0.0971. The second-order valence-electron chi connectivity index (χ2n) is 5.02. The minimum Gasteiger partial charge on any atom is -0.379 e. The quantitative estimate of drug-likeness (QED) is 0.526. The molecule has 0 aliphatic heterocycles. The molecule has 0 radical (unpaired) electrons. The second-order valence-corrected chi connectivity index (χ2v) is 5.02.